The highest BCUT2D eigenvalue weighted by molar-refractivity contribution is 5.85. The summed E-state index contributed by atoms with van der Waals surface area (Å²) >= 11 is 0. The van der Waals surface area contributed by atoms with Crippen LogP contribution in [0.5, 0.6) is 0 Å². The number of rotatable bonds is 1. The summed E-state index contributed by atoms with van der Waals surface area (Å²) in [6.45, 7) is 3.74. The van der Waals surface area contributed by atoms with Crippen molar-refractivity contribution in [3.8, 4) is 0 Å². The lowest BCUT2D eigenvalue weighted by molar-refractivity contribution is 0.659. The van der Waals surface area contributed by atoms with Crippen LogP contribution in [0.15, 0.2) is 12.7 Å². The number of hydrogen-bond donors (Lipinski definition) is 1. The third kappa shape index (κ3) is 1.69. The minimum Gasteiger partial charge on any atom is -0.309 e. The molecule has 0 aliphatic heterocycles. The predicted molar refractivity (Wildman–Crippen MR) is 44.5 cm³/mol. The second-order valence-electron chi connectivity index (χ2n) is 2.97. The van der Waals surface area contributed by atoms with Crippen LogP contribution in [0.1, 0.15) is 32.1 Å². The van der Waals surface area contributed by atoms with Crippen molar-refractivity contribution in [1.82, 2.24) is 0 Å². The highest BCUT2D eigenvalue weighted by atomic mass is 14.4. The molecular formula is C9H15N. The van der Waals surface area contributed by atoms with Gasteiger partial charge in [-0.25, -0.2) is 0 Å². The lowest BCUT2D eigenvalue weighted by Gasteiger charge is -2.07. The molecule has 1 aliphatic rings. The first-order valence-corrected chi connectivity index (χ1v) is 4.04. The van der Waals surface area contributed by atoms with Crippen LogP contribution >= 0.6 is 0 Å². The van der Waals surface area contributed by atoms with E-state index in [1.807, 2.05) is 6.08 Å². The van der Waals surface area contributed by atoms with Gasteiger partial charge in [-0.05, 0) is 19.3 Å². The van der Waals surface area contributed by atoms with E-state index in [1.165, 1.54) is 19.3 Å². The van der Waals surface area contributed by atoms with Crippen LogP contribution in [0.25, 0.3) is 0 Å². The standard InChI is InChI=1S/C9H15N/c1-2-8-6-4-3-5-7-9(8)10/h2,8,10H,1,3-7H2. The zero-order chi connectivity index (χ0) is 7.40. The van der Waals surface area contributed by atoms with Crippen molar-refractivity contribution < 1.29 is 0 Å². The van der Waals surface area contributed by atoms with Gasteiger partial charge in [0.15, 0.2) is 0 Å². The average Bonchev–Trinajstić information content (AvgIpc) is 2.13. The second-order valence-corrected chi connectivity index (χ2v) is 2.97. The molecule has 1 fully saturated rings. The van der Waals surface area contributed by atoms with E-state index < -0.39 is 0 Å². The Morgan fingerprint density at radius 3 is 2.90 bits per heavy atom. The summed E-state index contributed by atoms with van der Waals surface area (Å²) in [6.07, 6.45) is 7.86. The molecule has 0 heterocycles. The molecule has 56 valence electrons. The maximum absolute atomic E-state index is 7.61. The van der Waals surface area contributed by atoms with Crippen LogP contribution in [0.3, 0.4) is 0 Å². The van der Waals surface area contributed by atoms with E-state index >= 15 is 0 Å². The number of allylic oxidation sites excluding steroid dienone is 1. The lowest BCUT2D eigenvalue weighted by atomic mass is 9.99. The van der Waals surface area contributed by atoms with Gasteiger partial charge < -0.3 is 5.41 Å². The quantitative estimate of drug-likeness (QED) is 0.424. The van der Waals surface area contributed by atoms with Crippen molar-refractivity contribution in [3.05, 3.63) is 12.7 Å². The van der Waals surface area contributed by atoms with Crippen LogP contribution in [0.4, 0.5) is 0 Å². The molecule has 0 aromatic heterocycles. The molecule has 10 heavy (non-hydrogen) atoms. The van der Waals surface area contributed by atoms with Crippen molar-refractivity contribution in [2.45, 2.75) is 32.1 Å². The monoisotopic (exact) mass is 137 g/mol. The predicted octanol–water partition coefficient (Wildman–Crippen LogP) is 2.77. The molecule has 0 radical (unpaired) electrons. The Labute approximate surface area is 62.6 Å². The van der Waals surface area contributed by atoms with Gasteiger partial charge in [0.05, 0.1) is 0 Å². The summed E-state index contributed by atoms with van der Waals surface area (Å²) in [6, 6.07) is 0. The van der Waals surface area contributed by atoms with Crippen molar-refractivity contribution in [3.63, 3.8) is 0 Å². The van der Waals surface area contributed by atoms with Crippen LogP contribution in [0.2, 0.25) is 0 Å². The number of hydrogen-bond acceptors (Lipinski definition) is 1. The summed E-state index contributed by atoms with van der Waals surface area (Å²) < 4.78 is 0. The third-order valence-electron chi connectivity index (χ3n) is 2.19. The van der Waals surface area contributed by atoms with E-state index in [1.54, 1.807) is 0 Å². The van der Waals surface area contributed by atoms with E-state index in [0.717, 1.165) is 18.6 Å². The molecule has 0 amide bonds. The van der Waals surface area contributed by atoms with Crippen LogP contribution < -0.4 is 0 Å². The minimum atomic E-state index is 0.391. The Morgan fingerprint density at radius 1 is 1.40 bits per heavy atom. The summed E-state index contributed by atoms with van der Waals surface area (Å²) in [5.41, 5.74) is 0.896. The molecule has 0 saturated heterocycles. The Bertz CT molecular complexity index is 138. The SMILES string of the molecule is C=CC1CCCCCC1=N. The van der Waals surface area contributed by atoms with Gasteiger partial charge in [-0.3, -0.25) is 0 Å². The van der Waals surface area contributed by atoms with Gasteiger partial charge >= 0.3 is 0 Å². The van der Waals surface area contributed by atoms with Gasteiger partial charge in [0, 0.05) is 11.6 Å². The first-order valence-electron chi connectivity index (χ1n) is 4.04. The zero-order valence-electron chi connectivity index (χ0n) is 6.40. The summed E-state index contributed by atoms with van der Waals surface area (Å²) in [5, 5.41) is 7.61. The first-order chi connectivity index (χ1) is 4.84. The molecular weight excluding hydrogens is 122 g/mol. The molecule has 1 unspecified atom stereocenters. The summed E-state index contributed by atoms with van der Waals surface area (Å²) in [7, 11) is 0. The minimum absolute atomic E-state index is 0.391. The molecule has 0 aromatic rings. The van der Waals surface area contributed by atoms with Crippen molar-refractivity contribution in [1.29, 1.82) is 5.41 Å². The summed E-state index contributed by atoms with van der Waals surface area (Å²) in [5.74, 6) is 0.391. The molecule has 1 N–H and O–H groups in total. The van der Waals surface area contributed by atoms with Gasteiger partial charge in [-0.15, -0.1) is 6.58 Å². The van der Waals surface area contributed by atoms with Gasteiger partial charge in [-0.1, -0.05) is 18.9 Å². The third-order valence-corrected chi connectivity index (χ3v) is 2.19. The van der Waals surface area contributed by atoms with Gasteiger partial charge in [0.2, 0.25) is 0 Å². The largest absolute Gasteiger partial charge is 0.309 e. The van der Waals surface area contributed by atoms with Gasteiger partial charge in [0.1, 0.15) is 0 Å². The van der Waals surface area contributed by atoms with E-state index in [0.29, 0.717) is 5.92 Å². The van der Waals surface area contributed by atoms with Crippen LogP contribution in [-0.2, 0) is 0 Å². The van der Waals surface area contributed by atoms with E-state index in [2.05, 4.69) is 6.58 Å². The fraction of sp³-hybridized carbons (Fsp3) is 0.667. The molecule has 1 aliphatic carbocycles. The molecule has 1 atom stereocenters. The molecule has 1 saturated carbocycles. The molecule has 0 aromatic carbocycles. The smallest absolute Gasteiger partial charge is 0.0158 e. The maximum atomic E-state index is 7.61. The van der Waals surface area contributed by atoms with E-state index in [4.69, 9.17) is 5.41 Å². The van der Waals surface area contributed by atoms with E-state index in [9.17, 15) is 0 Å². The normalized spacial score (nSPS) is 27.6. The second kappa shape index (κ2) is 3.55. The zero-order valence-corrected chi connectivity index (χ0v) is 6.40. The fourth-order valence-electron chi connectivity index (χ4n) is 1.48. The molecule has 0 spiro atoms. The van der Waals surface area contributed by atoms with Crippen LogP contribution in [0, 0.1) is 11.3 Å². The van der Waals surface area contributed by atoms with Crippen LogP contribution in [-0.4, -0.2) is 5.71 Å². The molecule has 0 bridgehead atoms. The highest BCUT2D eigenvalue weighted by Gasteiger charge is 2.13. The van der Waals surface area contributed by atoms with Crippen molar-refractivity contribution in [2.75, 3.05) is 0 Å². The van der Waals surface area contributed by atoms with Gasteiger partial charge in [0.25, 0.3) is 0 Å². The lowest BCUT2D eigenvalue weighted by Crippen LogP contribution is -2.07. The average molecular weight is 137 g/mol. The fourth-order valence-corrected chi connectivity index (χ4v) is 1.48. The van der Waals surface area contributed by atoms with Crippen molar-refractivity contribution >= 4 is 5.71 Å². The summed E-state index contributed by atoms with van der Waals surface area (Å²) in [4.78, 5) is 0. The maximum Gasteiger partial charge on any atom is 0.0158 e. The molecule has 1 nitrogen and oxygen atoms in total. The Hall–Kier alpha value is -0.590. The highest BCUT2D eigenvalue weighted by Crippen LogP contribution is 2.20. The Kier molecular flexibility index (Phi) is 2.67. The topological polar surface area (TPSA) is 23.9 Å². The van der Waals surface area contributed by atoms with E-state index in [-0.39, 0.29) is 0 Å². The Balaban J connectivity index is 2.51. The molecule has 1 rings (SSSR count). The van der Waals surface area contributed by atoms with Crippen molar-refractivity contribution in [2.24, 2.45) is 5.92 Å². The molecule has 1 heteroatoms. The van der Waals surface area contributed by atoms with Gasteiger partial charge in [-0.2, -0.15) is 0 Å². The first kappa shape index (κ1) is 7.52. The Morgan fingerprint density at radius 2 is 2.20 bits per heavy atom. The number of nitrogens with one attached hydrogen (secondary N) is 1.